The van der Waals surface area contributed by atoms with E-state index in [4.69, 9.17) is 4.42 Å². The number of carbonyl (C=O) groups is 3. The molecule has 7 nitrogen and oxygen atoms in total. The second-order valence-corrected chi connectivity index (χ2v) is 7.65. The topological polar surface area (TPSA) is 96.7 Å². The Balaban J connectivity index is 1.39. The minimum atomic E-state index is -0.563. The first-order valence-corrected chi connectivity index (χ1v) is 10.1. The number of hydrogen-bond acceptors (Lipinski definition) is 6. The highest BCUT2D eigenvalue weighted by Crippen LogP contribution is 2.32. The number of hydrogen-bond donors (Lipinski definition) is 1. The molecular weight excluding hydrogens is 423 g/mol. The number of nitrogens with zero attached hydrogens (tertiary/aromatic N) is 1. The van der Waals surface area contributed by atoms with Crippen LogP contribution in [-0.2, 0) is 9.59 Å². The number of rotatable bonds is 5. The standard InChI is InChI=1S/C22H15FN2O5S/c23-16-4-2-1-3-13(16)12-18-21(28)25(22(29)31-18)10-9-19(26)24-15-6-7-17-14(11-15)5-8-20(27)30-17/h1-8,11-12H,9-10H2,(H,24,26). The summed E-state index contributed by atoms with van der Waals surface area (Å²) in [6, 6.07) is 13.6. The molecule has 1 aliphatic heterocycles. The molecule has 31 heavy (non-hydrogen) atoms. The SMILES string of the molecule is O=C(CCN1C(=O)SC(=Cc2ccccc2F)C1=O)Nc1ccc2oc(=O)ccc2c1. The average Bonchev–Trinajstić information content (AvgIpc) is 3.01. The Morgan fingerprint density at radius 3 is 2.71 bits per heavy atom. The molecular formula is C22H15FN2O5S. The Morgan fingerprint density at radius 2 is 1.90 bits per heavy atom. The zero-order valence-electron chi connectivity index (χ0n) is 16.0. The number of carbonyl (C=O) groups excluding carboxylic acids is 3. The highest BCUT2D eigenvalue weighted by atomic mass is 32.2. The molecule has 0 radical (unpaired) electrons. The van der Waals surface area contributed by atoms with Crippen molar-refractivity contribution in [1.29, 1.82) is 0 Å². The van der Waals surface area contributed by atoms with Crippen LogP contribution in [-0.4, -0.2) is 28.5 Å². The van der Waals surface area contributed by atoms with E-state index in [0.717, 1.165) is 4.90 Å². The third-order valence-corrected chi connectivity index (χ3v) is 5.44. The summed E-state index contributed by atoms with van der Waals surface area (Å²) in [7, 11) is 0. The Kier molecular flexibility index (Phi) is 5.68. The summed E-state index contributed by atoms with van der Waals surface area (Å²) in [4.78, 5) is 49.3. The van der Waals surface area contributed by atoms with E-state index in [1.807, 2.05) is 0 Å². The van der Waals surface area contributed by atoms with Crippen LogP contribution < -0.4 is 10.9 Å². The van der Waals surface area contributed by atoms with Crippen molar-refractivity contribution in [3.8, 4) is 0 Å². The maximum atomic E-state index is 13.8. The number of anilines is 1. The van der Waals surface area contributed by atoms with Crippen molar-refractivity contribution in [1.82, 2.24) is 4.90 Å². The van der Waals surface area contributed by atoms with Crippen LogP contribution in [0.3, 0.4) is 0 Å². The molecule has 0 spiro atoms. The largest absolute Gasteiger partial charge is 0.423 e. The molecule has 0 bridgehead atoms. The van der Waals surface area contributed by atoms with E-state index in [1.165, 1.54) is 30.3 Å². The summed E-state index contributed by atoms with van der Waals surface area (Å²) < 4.78 is 18.8. The smallest absolute Gasteiger partial charge is 0.336 e. The van der Waals surface area contributed by atoms with E-state index in [9.17, 15) is 23.6 Å². The monoisotopic (exact) mass is 438 g/mol. The van der Waals surface area contributed by atoms with Crippen LogP contribution in [0.15, 0.2) is 68.7 Å². The minimum Gasteiger partial charge on any atom is -0.423 e. The normalized spacial score (nSPS) is 15.1. The lowest BCUT2D eigenvalue weighted by Crippen LogP contribution is -2.31. The summed E-state index contributed by atoms with van der Waals surface area (Å²) in [6.45, 7) is -0.104. The van der Waals surface area contributed by atoms with Gasteiger partial charge in [0.15, 0.2) is 0 Å². The number of halogens is 1. The van der Waals surface area contributed by atoms with Crippen molar-refractivity contribution in [2.45, 2.75) is 6.42 Å². The second kappa shape index (κ2) is 8.57. The summed E-state index contributed by atoms with van der Waals surface area (Å²) in [6.07, 6.45) is 1.22. The van der Waals surface area contributed by atoms with Crippen LogP contribution in [0.2, 0.25) is 0 Å². The number of thioether (sulfide) groups is 1. The van der Waals surface area contributed by atoms with E-state index in [2.05, 4.69) is 5.32 Å². The molecule has 4 rings (SSSR count). The van der Waals surface area contributed by atoms with Gasteiger partial charge in [-0.3, -0.25) is 19.3 Å². The van der Waals surface area contributed by atoms with Crippen LogP contribution in [0.25, 0.3) is 17.0 Å². The number of benzene rings is 2. The lowest BCUT2D eigenvalue weighted by atomic mass is 10.2. The quantitative estimate of drug-likeness (QED) is 0.478. The van der Waals surface area contributed by atoms with Crippen molar-refractivity contribution >= 4 is 51.5 Å². The van der Waals surface area contributed by atoms with Crippen LogP contribution in [0.4, 0.5) is 14.9 Å². The maximum Gasteiger partial charge on any atom is 0.336 e. The van der Waals surface area contributed by atoms with Gasteiger partial charge in [-0.25, -0.2) is 9.18 Å². The third kappa shape index (κ3) is 4.56. The highest BCUT2D eigenvalue weighted by molar-refractivity contribution is 8.18. The number of fused-ring (bicyclic) bond motifs is 1. The highest BCUT2D eigenvalue weighted by Gasteiger charge is 2.35. The predicted molar refractivity (Wildman–Crippen MR) is 115 cm³/mol. The molecule has 3 amide bonds. The van der Waals surface area contributed by atoms with E-state index in [-0.39, 0.29) is 23.4 Å². The van der Waals surface area contributed by atoms with Crippen LogP contribution in [0.1, 0.15) is 12.0 Å². The first-order chi connectivity index (χ1) is 14.9. The molecule has 1 aromatic heterocycles. The number of amides is 3. The number of nitrogens with one attached hydrogen (secondary N) is 1. The van der Waals surface area contributed by atoms with Crippen molar-refractivity contribution in [2.24, 2.45) is 0 Å². The van der Waals surface area contributed by atoms with E-state index in [1.54, 1.807) is 30.3 Å². The van der Waals surface area contributed by atoms with E-state index < -0.39 is 28.5 Å². The molecule has 0 unspecified atom stereocenters. The lowest BCUT2D eigenvalue weighted by Gasteiger charge is -2.12. The second-order valence-electron chi connectivity index (χ2n) is 6.66. The van der Waals surface area contributed by atoms with Gasteiger partial charge in [0.1, 0.15) is 11.4 Å². The van der Waals surface area contributed by atoms with E-state index in [0.29, 0.717) is 28.4 Å². The van der Waals surface area contributed by atoms with Crippen LogP contribution >= 0.6 is 11.8 Å². The molecule has 0 saturated carbocycles. The summed E-state index contributed by atoms with van der Waals surface area (Å²) in [5, 5.41) is 2.81. The fourth-order valence-electron chi connectivity index (χ4n) is 3.01. The van der Waals surface area contributed by atoms with Gasteiger partial charge in [0.2, 0.25) is 5.91 Å². The number of imide groups is 1. The lowest BCUT2D eigenvalue weighted by molar-refractivity contribution is -0.123. The zero-order chi connectivity index (χ0) is 22.0. The first kappa shape index (κ1) is 20.5. The third-order valence-electron chi connectivity index (χ3n) is 4.53. The van der Waals surface area contributed by atoms with Gasteiger partial charge in [0, 0.05) is 35.7 Å². The van der Waals surface area contributed by atoms with Gasteiger partial charge in [0.05, 0.1) is 4.91 Å². The minimum absolute atomic E-state index is 0.103. The maximum absolute atomic E-state index is 13.8. The van der Waals surface area contributed by atoms with E-state index >= 15 is 0 Å². The van der Waals surface area contributed by atoms with Gasteiger partial charge in [0.25, 0.3) is 11.1 Å². The Morgan fingerprint density at radius 1 is 1.10 bits per heavy atom. The Labute approximate surface area is 179 Å². The molecule has 1 saturated heterocycles. The van der Waals surface area contributed by atoms with Gasteiger partial charge >= 0.3 is 5.63 Å². The van der Waals surface area contributed by atoms with Crippen molar-refractivity contribution in [3.63, 3.8) is 0 Å². The Bertz CT molecular complexity index is 1300. The molecule has 156 valence electrons. The van der Waals surface area contributed by atoms with Crippen LogP contribution in [0.5, 0.6) is 0 Å². The molecule has 3 aromatic rings. The molecule has 0 atom stereocenters. The molecule has 0 aliphatic carbocycles. The fraction of sp³-hybridized carbons (Fsp3) is 0.0909. The average molecular weight is 438 g/mol. The van der Waals surface area contributed by atoms with Crippen molar-refractivity contribution in [3.05, 3.63) is 81.3 Å². The molecule has 1 aliphatic rings. The molecule has 9 heteroatoms. The predicted octanol–water partition coefficient (Wildman–Crippen LogP) is 4.00. The van der Waals surface area contributed by atoms with Gasteiger partial charge in [-0.2, -0.15) is 0 Å². The van der Waals surface area contributed by atoms with Crippen molar-refractivity contribution in [2.75, 3.05) is 11.9 Å². The molecule has 1 N–H and O–H groups in total. The summed E-state index contributed by atoms with van der Waals surface area (Å²) in [5.74, 6) is -1.45. The van der Waals surface area contributed by atoms with Gasteiger partial charge < -0.3 is 9.73 Å². The van der Waals surface area contributed by atoms with Gasteiger partial charge in [-0.15, -0.1) is 0 Å². The van der Waals surface area contributed by atoms with Crippen molar-refractivity contribution < 1.29 is 23.2 Å². The molecule has 1 fully saturated rings. The summed E-state index contributed by atoms with van der Waals surface area (Å²) in [5.41, 5.74) is 0.619. The molecule has 2 heterocycles. The Hall–Kier alpha value is -3.72. The molecule has 2 aromatic carbocycles. The fourth-order valence-corrected chi connectivity index (χ4v) is 3.87. The summed E-state index contributed by atoms with van der Waals surface area (Å²) >= 11 is 0.708. The van der Waals surface area contributed by atoms with Gasteiger partial charge in [-0.05, 0) is 48.2 Å². The first-order valence-electron chi connectivity index (χ1n) is 9.24. The van der Waals surface area contributed by atoms with Crippen LogP contribution in [0, 0.1) is 5.82 Å². The zero-order valence-corrected chi connectivity index (χ0v) is 16.8. The van der Waals surface area contributed by atoms with Gasteiger partial charge in [-0.1, -0.05) is 18.2 Å².